The van der Waals surface area contributed by atoms with Gasteiger partial charge in [0.05, 0.1) is 63.7 Å². The summed E-state index contributed by atoms with van der Waals surface area (Å²) >= 11 is 1.38. The normalized spacial score (nSPS) is 17.4. The van der Waals surface area contributed by atoms with Crippen LogP contribution in [0.25, 0.3) is 22.3 Å². The topological polar surface area (TPSA) is 143 Å². The van der Waals surface area contributed by atoms with Crippen LogP contribution in [0.5, 0.6) is 5.75 Å². The van der Waals surface area contributed by atoms with Gasteiger partial charge in [-0.25, -0.2) is 19.3 Å². The van der Waals surface area contributed by atoms with Crippen molar-refractivity contribution in [3.8, 4) is 17.1 Å². The Kier molecular flexibility index (Phi) is 8.48. The summed E-state index contributed by atoms with van der Waals surface area (Å²) in [5.41, 5.74) is 2.01. The van der Waals surface area contributed by atoms with Gasteiger partial charge in [-0.2, -0.15) is 29.9 Å². The number of ether oxygens (including phenoxy) is 1. The minimum atomic E-state index is -4.88. The van der Waals surface area contributed by atoms with E-state index in [2.05, 4.69) is 30.1 Å². The lowest BCUT2D eigenvalue weighted by atomic mass is 9.85. The first-order valence-corrected chi connectivity index (χ1v) is 13.7. The lowest BCUT2D eigenvalue weighted by Gasteiger charge is -2.31. The van der Waals surface area contributed by atoms with E-state index in [1.807, 2.05) is 0 Å². The monoisotopic (exact) mass is 722 g/mol. The minimum absolute atomic E-state index is 0.0416. The molecule has 18 heteroatoms. The zero-order valence-corrected chi connectivity index (χ0v) is 23.9. The van der Waals surface area contributed by atoms with Gasteiger partial charge in [-0.3, -0.25) is 14.2 Å². The molecule has 2 atom stereocenters. The van der Waals surface area contributed by atoms with Gasteiger partial charge in [0.1, 0.15) is 11.4 Å². The quantitative estimate of drug-likeness (QED) is 0.207. The van der Waals surface area contributed by atoms with Crippen molar-refractivity contribution in [1.29, 1.82) is 0 Å². The summed E-state index contributed by atoms with van der Waals surface area (Å²) in [4.78, 5) is 37.3. The second-order valence-corrected chi connectivity index (χ2v) is 10.8. The molecule has 4 aromatic rings. The number of aromatic nitrogens is 6. The molecule has 3 heterocycles. The number of benzene rings is 1. The van der Waals surface area contributed by atoms with Crippen molar-refractivity contribution >= 4 is 45.3 Å². The number of alkyl halides is 5. The fourth-order valence-corrected chi connectivity index (χ4v) is 5.45. The summed E-state index contributed by atoms with van der Waals surface area (Å²) in [6, 6.07) is 1.78. The van der Waals surface area contributed by atoms with Crippen LogP contribution < -0.4 is 26.9 Å². The van der Waals surface area contributed by atoms with Gasteiger partial charge >= 0.3 is 12.8 Å². The first-order chi connectivity index (χ1) is 20.3. The third-order valence-electron chi connectivity index (χ3n) is 6.97. The fourth-order valence-electron chi connectivity index (χ4n) is 5.08. The van der Waals surface area contributed by atoms with Crippen molar-refractivity contribution in [1.82, 2.24) is 27.5 Å². The van der Waals surface area contributed by atoms with E-state index in [0.717, 1.165) is 18.5 Å². The van der Waals surface area contributed by atoms with Gasteiger partial charge in [-0.1, -0.05) is 6.42 Å². The molecule has 3 N–H and O–H groups in total. The number of anilines is 2. The Morgan fingerprint density at radius 2 is 1.91 bits per heavy atom. The molecule has 1 saturated carbocycles. The Labute approximate surface area is 251 Å². The standard InChI is InChI=1S/C25H21F6IN8O3/c26-15-5-14-16(6-13(15)21-34-8-18(20(33)38-21)43-24(27)28)35-10-39(22(14)41)9-11-2-1-3-12(4-11)37-17-7-36-40(32)23(42)19(17)25(29,30)31/h5-8,10-12,24,37H,1-4,9H2,(H2,33,34,38)/t11-,12+/m1/s1. The molecular weight excluding hydrogens is 701 g/mol. The van der Waals surface area contributed by atoms with Gasteiger partial charge in [0.15, 0.2) is 17.4 Å². The third-order valence-corrected chi connectivity index (χ3v) is 7.66. The number of rotatable bonds is 7. The molecule has 43 heavy (non-hydrogen) atoms. The molecule has 1 aliphatic rings. The minimum Gasteiger partial charge on any atom is -0.429 e. The molecule has 5 rings (SSSR count). The summed E-state index contributed by atoms with van der Waals surface area (Å²) in [5.74, 6) is -2.16. The average molecular weight is 722 g/mol. The van der Waals surface area contributed by atoms with Gasteiger partial charge in [0, 0.05) is 12.6 Å². The largest absolute Gasteiger partial charge is 0.429 e. The second kappa shape index (κ2) is 12.0. The Balaban J connectivity index is 1.35. The van der Waals surface area contributed by atoms with Crippen LogP contribution >= 0.6 is 22.9 Å². The fraction of sp³-hybridized carbons (Fsp3) is 0.360. The molecular formula is C25H21F6IN8O3. The van der Waals surface area contributed by atoms with Crippen LogP contribution in [0.4, 0.5) is 37.8 Å². The molecule has 3 aromatic heterocycles. The van der Waals surface area contributed by atoms with E-state index >= 15 is 4.39 Å². The maximum absolute atomic E-state index is 15.1. The first-order valence-electron chi connectivity index (χ1n) is 12.7. The number of halogens is 7. The lowest BCUT2D eigenvalue weighted by Crippen LogP contribution is -2.34. The zero-order chi connectivity index (χ0) is 31.1. The Morgan fingerprint density at radius 3 is 2.60 bits per heavy atom. The van der Waals surface area contributed by atoms with Crippen LogP contribution in [-0.4, -0.2) is 40.2 Å². The maximum Gasteiger partial charge on any atom is 0.423 e. The van der Waals surface area contributed by atoms with Crippen LogP contribution in [-0.2, 0) is 12.7 Å². The van der Waals surface area contributed by atoms with Gasteiger partial charge in [-0.05, 0) is 37.3 Å². The van der Waals surface area contributed by atoms with Crippen molar-refractivity contribution in [2.24, 2.45) is 5.92 Å². The van der Waals surface area contributed by atoms with E-state index in [-0.39, 0.29) is 34.8 Å². The smallest absolute Gasteiger partial charge is 0.423 e. The van der Waals surface area contributed by atoms with Crippen molar-refractivity contribution in [3.05, 3.63) is 62.9 Å². The Morgan fingerprint density at radius 1 is 1.14 bits per heavy atom. The Hall–Kier alpha value is -3.97. The summed E-state index contributed by atoms with van der Waals surface area (Å²) in [6.45, 7) is -2.98. The van der Waals surface area contributed by atoms with Crippen molar-refractivity contribution in [2.45, 2.75) is 51.1 Å². The number of nitrogens with one attached hydrogen (secondary N) is 1. The number of fused-ring (bicyclic) bond motifs is 1. The number of hydrogen-bond donors (Lipinski definition) is 2. The van der Waals surface area contributed by atoms with Gasteiger partial charge < -0.3 is 15.8 Å². The first kappa shape index (κ1) is 30.5. The zero-order valence-electron chi connectivity index (χ0n) is 21.8. The van der Waals surface area contributed by atoms with Crippen LogP contribution in [0.2, 0.25) is 0 Å². The van der Waals surface area contributed by atoms with Gasteiger partial charge in [0.25, 0.3) is 11.1 Å². The predicted molar refractivity (Wildman–Crippen MR) is 150 cm³/mol. The van der Waals surface area contributed by atoms with Gasteiger partial charge in [0.2, 0.25) is 0 Å². The highest BCUT2D eigenvalue weighted by Gasteiger charge is 2.39. The van der Waals surface area contributed by atoms with E-state index in [9.17, 15) is 31.5 Å². The molecule has 0 spiro atoms. The predicted octanol–water partition coefficient (Wildman–Crippen LogP) is 4.62. The summed E-state index contributed by atoms with van der Waals surface area (Å²) in [7, 11) is 0. The van der Waals surface area contributed by atoms with Crippen molar-refractivity contribution in [3.63, 3.8) is 0 Å². The highest BCUT2D eigenvalue weighted by Crippen LogP contribution is 2.34. The van der Waals surface area contributed by atoms with E-state index in [1.165, 1.54) is 39.8 Å². The third kappa shape index (κ3) is 6.52. The molecule has 0 saturated heterocycles. The molecule has 1 aromatic carbocycles. The summed E-state index contributed by atoms with van der Waals surface area (Å²) in [6.07, 6.45) is 0.512. The molecule has 0 unspecified atom stereocenters. The van der Waals surface area contributed by atoms with Gasteiger partial charge in [-0.15, -0.1) is 0 Å². The summed E-state index contributed by atoms with van der Waals surface area (Å²) in [5, 5.41) is 6.46. The number of hydrogen-bond acceptors (Lipinski definition) is 9. The van der Waals surface area contributed by atoms with Crippen molar-refractivity contribution < 1.29 is 31.1 Å². The average Bonchev–Trinajstić information content (AvgIpc) is 2.93. The van der Waals surface area contributed by atoms with Crippen LogP contribution in [0.3, 0.4) is 0 Å². The molecule has 0 radical (unpaired) electrons. The number of nitrogen functional groups attached to an aromatic ring is 1. The summed E-state index contributed by atoms with van der Waals surface area (Å²) < 4.78 is 86.9. The molecule has 0 bridgehead atoms. The van der Waals surface area contributed by atoms with E-state index < -0.39 is 58.6 Å². The van der Waals surface area contributed by atoms with Crippen LogP contribution in [0.15, 0.2) is 40.4 Å². The highest BCUT2D eigenvalue weighted by molar-refractivity contribution is 14.1. The Bertz CT molecular complexity index is 1800. The molecule has 1 fully saturated rings. The van der Waals surface area contributed by atoms with E-state index in [0.29, 0.717) is 28.6 Å². The lowest BCUT2D eigenvalue weighted by molar-refractivity contribution is -0.138. The van der Waals surface area contributed by atoms with E-state index in [1.54, 1.807) is 0 Å². The molecule has 11 nitrogen and oxygen atoms in total. The SMILES string of the molecule is Nc1nc(-c2cc3ncn(C[C@@H]4CCC[C@H](Nc5cnn(I)c(=O)c5C(F)(F)F)C4)c(=O)c3cc2F)ncc1OC(F)F. The number of nitrogens with zero attached hydrogens (tertiary/aromatic N) is 6. The highest BCUT2D eigenvalue weighted by atomic mass is 127. The maximum atomic E-state index is 15.1. The molecule has 1 aliphatic carbocycles. The number of nitrogens with two attached hydrogens (primary N) is 1. The second-order valence-electron chi connectivity index (χ2n) is 9.84. The van der Waals surface area contributed by atoms with E-state index in [4.69, 9.17) is 5.73 Å². The van der Waals surface area contributed by atoms with Crippen LogP contribution in [0, 0.1) is 11.7 Å². The molecule has 228 valence electrons. The molecule has 0 aliphatic heterocycles. The van der Waals surface area contributed by atoms with Crippen LogP contribution in [0.1, 0.15) is 31.2 Å². The molecule has 0 amide bonds. The van der Waals surface area contributed by atoms with Crippen molar-refractivity contribution in [2.75, 3.05) is 11.1 Å².